The number of hydrogen-bond donors (Lipinski definition) is 2. The van der Waals surface area contributed by atoms with Crippen molar-refractivity contribution in [2.24, 2.45) is 5.41 Å². The molecule has 0 aliphatic heterocycles. The van der Waals surface area contributed by atoms with Gasteiger partial charge in [0.15, 0.2) is 0 Å². The monoisotopic (exact) mass is 323 g/mol. The number of hydrogen-bond acceptors (Lipinski definition) is 3. The largest absolute Gasteiger partial charge is 0.351 e. The van der Waals surface area contributed by atoms with E-state index in [0.29, 0.717) is 19.4 Å². The third kappa shape index (κ3) is 3.30. The van der Waals surface area contributed by atoms with Crippen LogP contribution in [0.25, 0.3) is 0 Å². The lowest BCUT2D eigenvalue weighted by Gasteiger charge is -2.16. The Morgan fingerprint density at radius 3 is 2.54 bits per heavy atom. The summed E-state index contributed by atoms with van der Waals surface area (Å²) in [5, 5.41) is 5.73. The van der Waals surface area contributed by atoms with Gasteiger partial charge < -0.3 is 10.6 Å². The van der Waals surface area contributed by atoms with Crippen LogP contribution in [0.2, 0.25) is 0 Å². The molecule has 3 rings (SSSR count). The lowest BCUT2D eigenvalue weighted by atomic mass is 10.0. The Morgan fingerprint density at radius 2 is 1.92 bits per heavy atom. The van der Waals surface area contributed by atoms with Crippen molar-refractivity contribution in [2.45, 2.75) is 33.2 Å². The van der Waals surface area contributed by atoms with E-state index in [-0.39, 0.29) is 11.8 Å². The zero-order valence-corrected chi connectivity index (χ0v) is 13.9. The van der Waals surface area contributed by atoms with Gasteiger partial charge in [0.1, 0.15) is 5.41 Å². The molecular formula is C19H21N3O2. The fraction of sp³-hybridized carbons (Fsp3) is 0.316. The smallest absolute Gasteiger partial charge is 0.240 e. The van der Waals surface area contributed by atoms with Crippen LogP contribution in [0, 0.1) is 19.3 Å². The summed E-state index contributed by atoms with van der Waals surface area (Å²) in [6, 6.07) is 9.47. The van der Waals surface area contributed by atoms with Gasteiger partial charge in [-0.15, -0.1) is 0 Å². The van der Waals surface area contributed by atoms with Gasteiger partial charge in [0.25, 0.3) is 0 Å². The van der Waals surface area contributed by atoms with Gasteiger partial charge in [-0.3, -0.25) is 14.6 Å². The third-order valence-corrected chi connectivity index (χ3v) is 4.56. The van der Waals surface area contributed by atoms with Gasteiger partial charge in [-0.2, -0.15) is 0 Å². The molecule has 0 spiro atoms. The van der Waals surface area contributed by atoms with E-state index in [1.807, 2.05) is 44.2 Å². The quantitative estimate of drug-likeness (QED) is 0.831. The molecule has 0 atom stereocenters. The summed E-state index contributed by atoms with van der Waals surface area (Å²) < 4.78 is 0. The van der Waals surface area contributed by atoms with Gasteiger partial charge in [0.2, 0.25) is 11.8 Å². The van der Waals surface area contributed by atoms with Crippen molar-refractivity contribution < 1.29 is 9.59 Å². The molecule has 24 heavy (non-hydrogen) atoms. The molecular weight excluding hydrogens is 302 g/mol. The highest BCUT2D eigenvalue weighted by Gasteiger charge is 2.56. The summed E-state index contributed by atoms with van der Waals surface area (Å²) in [6.45, 7) is 4.40. The van der Waals surface area contributed by atoms with Crippen molar-refractivity contribution in [1.29, 1.82) is 0 Å². The Hall–Kier alpha value is -2.69. The van der Waals surface area contributed by atoms with Gasteiger partial charge in [-0.25, -0.2) is 0 Å². The molecule has 0 bridgehead atoms. The topological polar surface area (TPSA) is 71.1 Å². The van der Waals surface area contributed by atoms with Crippen LogP contribution < -0.4 is 10.6 Å². The van der Waals surface area contributed by atoms with Crippen LogP contribution in [-0.2, 0) is 16.1 Å². The number of carbonyl (C=O) groups is 2. The number of nitrogens with one attached hydrogen (secondary N) is 2. The summed E-state index contributed by atoms with van der Waals surface area (Å²) in [6.07, 6.45) is 4.56. The van der Waals surface area contributed by atoms with Gasteiger partial charge in [0, 0.05) is 24.6 Å². The van der Waals surface area contributed by atoms with Crippen LogP contribution in [0.4, 0.5) is 5.69 Å². The molecule has 0 saturated heterocycles. The summed E-state index contributed by atoms with van der Waals surface area (Å²) in [4.78, 5) is 29.0. The highest BCUT2D eigenvalue weighted by molar-refractivity contribution is 6.13. The van der Waals surface area contributed by atoms with Crippen molar-refractivity contribution in [1.82, 2.24) is 10.3 Å². The maximum Gasteiger partial charge on any atom is 0.240 e. The van der Waals surface area contributed by atoms with E-state index in [0.717, 1.165) is 16.8 Å². The molecule has 1 aliphatic rings. The molecule has 0 unspecified atom stereocenters. The zero-order chi connectivity index (χ0) is 17.2. The van der Waals surface area contributed by atoms with E-state index in [9.17, 15) is 9.59 Å². The molecule has 1 aromatic carbocycles. The zero-order valence-electron chi connectivity index (χ0n) is 13.9. The number of nitrogens with zero attached hydrogens (tertiary/aromatic N) is 1. The Balaban J connectivity index is 1.63. The van der Waals surface area contributed by atoms with Gasteiger partial charge in [0.05, 0.1) is 0 Å². The van der Waals surface area contributed by atoms with Crippen LogP contribution in [0.15, 0.2) is 42.7 Å². The maximum absolute atomic E-state index is 12.6. The van der Waals surface area contributed by atoms with E-state index in [1.54, 1.807) is 12.4 Å². The number of benzene rings is 1. The molecule has 1 saturated carbocycles. The Morgan fingerprint density at radius 1 is 1.12 bits per heavy atom. The second kappa shape index (κ2) is 6.43. The van der Waals surface area contributed by atoms with Crippen molar-refractivity contribution in [3.63, 3.8) is 0 Å². The van der Waals surface area contributed by atoms with Crippen LogP contribution in [0.3, 0.4) is 0 Å². The Bertz CT molecular complexity index is 767. The van der Waals surface area contributed by atoms with E-state index in [1.165, 1.54) is 5.56 Å². The average molecular weight is 323 g/mol. The summed E-state index contributed by atoms with van der Waals surface area (Å²) in [5.41, 5.74) is 2.99. The highest BCUT2D eigenvalue weighted by Crippen LogP contribution is 2.46. The number of anilines is 1. The van der Waals surface area contributed by atoms with Crippen molar-refractivity contribution in [3.8, 4) is 0 Å². The first-order valence-corrected chi connectivity index (χ1v) is 8.07. The van der Waals surface area contributed by atoms with Crippen LogP contribution in [0.1, 0.15) is 29.5 Å². The fourth-order valence-electron chi connectivity index (χ4n) is 2.61. The normalized spacial score (nSPS) is 14.8. The number of carbonyl (C=O) groups excluding carboxylic acids is 2. The van der Waals surface area contributed by atoms with Crippen LogP contribution >= 0.6 is 0 Å². The molecule has 1 aliphatic carbocycles. The molecule has 124 valence electrons. The summed E-state index contributed by atoms with van der Waals surface area (Å²) in [7, 11) is 0. The van der Waals surface area contributed by atoms with Crippen molar-refractivity contribution in [3.05, 3.63) is 59.4 Å². The summed E-state index contributed by atoms with van der Waals surface area (Å²) >= 11 is 0. The minimum Gasteiger partial charge on any atom is -0.351 e. The number of aromatic nitrogens is 1. The van der Waals surface area contributed by atoms with Crippen LogP contribution in [-0.4, -0.2) is 16.8 Å². The lowest BCUT2D eigenvalue weighted by molar-refractivity contribution is -0.134. The predicted octanol–water partition coefficient (Wildman–Crippen LogP) is 2.73. The summed E-state index contributed by atoms with van der Waals surface area (Å²) in [5.74, 6) is -0.442. The second-order valence-corrected chi connectivity index (χ2v) is 6.38. The molecule has 1 fully saturated rings. The fourth-order valence-corrected chi connectivity index (χ4v) is 2.61. The molecule has 1 aromatic heterocycles. The molecule has 5 nitrogen and oxygen atoms in total. The molecule has 0 radical (unpaired) electrons. The van der Waals surface area contributed by atoms with E-state index < -0.39 is 5.41 Å². The Kier molecular flexibility index (Phi) is 4.34. The van der Waals surface area contributed by atoms with Crippen molar-refractivity contribution >= 4 is 17.5 Å². The molecule has 2 amide bonds. The van der Waals surface area contributed by atoms with Gasteiger partial charge in [-0.1, -0.05) is 12.1 Å². The van der Waals surface area contributed by atoms with Gasteiger partial charge >= 0.3 is 0 Å². The second-order valence-electron chi connectivity index (χ2n) is 6.38. The first-order chi connectivity index (χ1) is 11.5. The predicted molar refractivity (Wildman–Crippen MR) is 92.3 cm³/mol. The number of aryl methyl sites for hydroxylation is 2. The molecule has 1 heterocycles. The first kappa shape index (κ1) is 16.2. The molecule has 5 heteroatoms. The number of pyridine rings is 1. The highest BCUT2D eigenvalue weighted by atomic mass is 16.2. The number of amides is 2. The lowest BCUT2D eigenvalue weighted by Crippen LogP contribution is -2.39. The first-order valence-electron chi connectivity index (χ1n) is 8.07. The van der Waals surface area contributed by atoms with E-state index in [2.05, 4.69) is 15.6 Å². The molecule has 2 N–H and O–H groups in total. The van der Waals surface area contributed by atoms with Gasteiger partial charge in [-0.05, 0) is 61.6 Å². The van der Waals surface area contributed by atoms with E-state index >= 15 is 0 Å². The van der Waals surface area contributed by atoms with Crippen LogP contribution in [0.5, 0.6) is 0 Å². The van der Waals surface area contributed by atoms with E-state index in [4.69, 9.17) is 0 Å². The standard InChI is InChI=1S/C19H21N3O2/c1-13-5-6-16(10-14(13)2)22-18(24)19(7-8-19)17(23)21-12-15-4-3-9-20-11-15/h3-6,9-11H,7-8,12H2,1-2H3,(H,21,23)(H,22,24). The SMILES string of the molecule is Cc1ccc(NC(=O)C2(C(=O)NCc3cccnc3)CC2)cc1C. The Labute approximate surface area is 141 Å². The number of rotatable bonds is 5. The minimum absolute atomic E-state index is 0.215. The average Bonchev–Trinajstić information content (AvgIpc) is 3.39. The molecule has 2 aromatic rings. The van der Waals surface area contributed by atoms with Crippen molar-refractivity contribution in [2.75, 3.05) is 5.32 Å². The minimum atomic E-state index is -0.930. The maximum atomic E-state index is 12.6. The third-order valence-electron chi connectivity index (χ3n) is 4.56.